The molecular formula is C18H17N3O5S. The molecule has 0 spiro atoms. The van der Waals surface area contributed by atoms with Gasteiger partial charge in [0.15, 0.2) is 0 Å². The topological polar surface area (TPSA) is 99.4 Å². The van der Waals surface area contributed by atoms with Crippen LogP contribution in [0.5, 0.6) is 5.75 Å². The number of aromatic nitrogens is 2. The molecule has 0 saturated carbocycles. The summed E-state index contributed by atoms with van der Waals surface area (Å²) in [5.41, 5.74) is -0.241. The lowest BCUT2D eigenvalue weighted by Gasteiger charge is -2.06. The predicted molar refractivity (Wildman–Crippen MR) is 99.3 cm³/mol. The molecule has 1 amide bonds. The Bertz CT molecular complexity index is 1100. The Kier molecular flexibility index (Phi) is 5.13. The van der Waals surface area contributed by atoms with Crippen LogP contribution in [0.25, 0.3) is 0 Å². The normalized spacial score (nSPS) is 11.1. The highest BCUT2D eigenvalue weighted by atomic mass is 32.2. The van der Waals surface area contributed by atoms with Crippen LogP contribution in [0.1, 0.15) is 0 Å². The molecule has 0 atom stereocenters. The summed E-state index contributed by atoms with van der Waals surface area (Å²) in [5.74, 6) is 0.0549. The molecule has 1 aromatic heterocycles. The largest absolute Gasteiger partial charge is 0.497 e. The lowest BCUT2D eigenvalue weighted by molar-refractivity contribution is -0.116. The fraction of sp³-hybridized carbons (Fsp3) is 0.111. The Morgan fingerprint density at radius 2 is 1.70 bits per heavy atom. The van der Waals surface area contributed by atoms with Crippen molar-refractivity contribution in [2.75, 3.05) is 12.4 Å². The highest BCUT2D eigenvalue weighted by molar-refractivity contribution is 7.90. The van der Waals surface area contributed by atoms with E-state index in [2.05, 4.69) is 5.32 Å². The van der Waals surface area contributed by atoms with Gasteiger partial charge in [-0.3, -0.25) is 9.36 Å². The summed E-state index contributed by atoms with van der Waals surface area (Å²) in [5, 5.41) is 2.64. The maximum Gasteiger partial charge on any atom is 0.342 e. The van der Waals surface area contributed by atoms with Gasteiger partial charge >= 0.3 is 5.69 Å². The summed E-state index contributed by atoms with van der Waals surface area (Å²) in [6.07, 6.45) is 2.38. The third-order valence-corrected chi connectivity index (χ3v) is 5.47. The van der Waals surface area contributed by atoms with Gasteiger partial charge < -0.3 is 10.1 Å². The molecule has 0 unspecified atom stereocenters. The van der Waals surface area contributed by atoms with Crippen LogP contribution in [-0.4, -0.2) is 30.0 Å². The maximum absolute atomic E-state index is 12.7. The van der Waals surface area contributed by atoms with Crippen LogP contribution in [0.3, 0.4) is 0 Å². The van der Waals surface area contributed by atoms with Gasteiger partial charge in [0.2, 0.25) is 5.91 Å². The van der Waals surface area contributed by atoms with E-state index >= 15 is 0 Å². The van der Waals surface area contributed by atoms with Crippen LogP contribution in [0.4, 0.5) is 5.69 Å². The Balaban J connectivity index is 1.81. The minimum Gasteiger partial charge on any atom is -0.497 e. The number of amides is 1. The van der Waals surface area contributed by atoms with Crippen molar-refractivity contribution in [2.45, 2.75) is 11.4 Å². The molecule has 0 aliphatic heterocycles. The second kappa shape index (κ2) is 7.50. The molecule has 3 aromatic rings. The molecule has 0 radical (unpaired) electrons. The summed E-state index contributed by atoms with van der Waals surface area (Å²) >= 11 is 0. The number of para-hydroxylation sites is 1. The zero-order valence-electron chi connectivity index (χ0n) is 14.4. The van der Waals surface area contributed by atoms with E-state index in [1.807, 2.05) is 6.07 Å². The highest BCUT2D eigenvalue weighted by Crippen LogP contribution is 2.17. The predicted octanol–water partition coefficient (Wildman–Crippen LogP) is 1.53. The molecule has 27 heavy (non-hydrogen) atoms. The Hall–Kier alpha value is -3.33. The Labute approximate surface area is 155 Å². The summed E-state index contributed by atoms with van der Waals surface area (Å²) in [7, 11) is -2.61. The maximum atomic E-state index is 12.7. The van der Waals surface area contributed by atoms with Gasteiger partial charge in [0.1, 0.15) is 12.3 Å². The zero-order valence-corrected chi connectivity index (χ0v) is 15.2. The average Bonchev–Trinajstić information content (AvgIpc) is 3.03. The standard InChI is InChI=1S/C18H17N3O5S/c1-26-15-7-9-16(10-8-15)27(24,25)21-12-11-20(18(21)23)13-17(22)19-14-5-3-2-4-6-14/h2-12H,13H2,1H3,(H,19,22). The first-order valence-corrected chi connectivity index (χ1v) is 9.38. The number of hydrogen-bond donors (Lipinski definition) is 1. The van der Waals surface area contributed by atoms with Gasteiger partial charge in [-0.25, -0.2) is 13.2 Å². The minimum atomic E-state index is -4.07. The summed E-state index contributed by atoms with van der Waals surface area (Å²) in [6.45, 7) is -0.307. The van der Waals surface area contributed by atoms with Crippen molar-refractivity contribution >= 4 is 21.6 Å². The molecule has 0 aliphatic rings. The molecule has 9 heteroatoms. The van der Waals surface area contributed by atoms with Crippen molar-refractivity contribution < 1.29 is 17.9 Å². The van der Waals surface area contributed by atoms with Crippen molar-refractivity contribution in [3.63, 3.8) is 0 Å². The number of carbonyl (C=O) groups excluding carboxylic acids is 1. The Morgan fingerprint density at radius 1 is 1.04 bits per heavy atom. The molecule has 2 aromatic carbocycles. The smallest absolute Gasteiger partial charge is 0.342 e. The third-order valence-electron chi connectivity index (χ3n) is 3.80. The van der Waals surface area contributed by atoms with Crippen LogP contribution < -0.4 is 15.7 Å². The van der Waals surface area contributed by atoms with Gasteiger partial charge in [-0.05, 0) is 36.4 Å². The molecule has 3 rings (SSSR count). The van der Waals surface area contributed by atoms with Crippen molar-refractivity contribution in [3.8, 4) is 5.75 Å². The lowest BCUT2D eigenvalue weighted by Crippen LogP contribution is -2.32. The van der Waals surface area contributed by atoms with Crippen LogP contribution in [0.2, 0.25) is 0 Å². The van der Waals surface area contributed by atoms with Gasteiger partial charge in [-0.1, -0.05) is 18.2 Å². The van der Waals surface area contributed by atoms with Crippen LogP contribution in [0.15, 0.2) is 76.7 Å². The number of benzene rings is 2. The first kappa shape index (κ1) is 18.5. The number of nitrogens with zero attached hydrogens (tertiary/aromatic N) is 2. The van der Waals surface area contributed by atoms with E-state index in [4.69, 9.17) is 4.74 Å². The van der Waals surface area contributed by atoms with Gasteiger partial charge in [0.25, 0.3) is 10.0 Å². The minimum absolute atomic E-state index is 0.0584. The summed E-state index contributed by atoms with van der Waals surface area (Å²) < 4.78 is 31.9. The number of methoxy groups -OCH3 is 1. The molecule has 140 valence electrons. The molecule has 0 fully saturated rings. The number of carbonyl (C=O) groups is 1. The van der Waals surface area contributed by atoms with E-state index in [1.54, 1.807) is 24.3 Å². The average molecular weight is 387 g/mol. The number of hydrogen-bond acceptors (Lipinski definition) is 5. The fourth-order valence-electron chi connectivity index (χ4n) is 2.44. The lowest BCUT2D eigenvalue weighted by atomic mass is 10.3. The van der Waals surface area contributed by atoms with Crippen LogP contribution >= 0.6 is 0 Å². The first-order chi connectivity index (χ1) is 12.9. The van der Waals surface area contributed by atoms with Crippen molar-refractivity contribution in [1.82, 2.24) is 8.54 Å². The van der Waals surface area contributed by atoms with Gasteiger partial charge in [0.05, 0.1) is 12.0 Å². The molecule has 0 saturated heterocycles. The monoisotopic (exact) mass is 387 g/mol. The van der Waals surface area contributed by atoms with E-state index in [0.29, 0.717) is 15.4 Å². The van der Waals surface area contributed by atoms with E-state index < -0.39 is 21.6 Å². The first-order valence-electron chi connectivity index (χ1n) is 7.94. The number of ether oxygens (including phenoxy) is 1. The fourth-order valence-corrected chi connectivity index (χ4v) is 3.67. The highest BCUT2D eigenvalue weighted by Gasteiger charge is 2.21. The third kappa shape index (κ3) is 3.93. The number of anilines is 1. The zero-order chi connectivity index (χ0) is 19.4. The van der Waals surface area contributed by atoms with Gasteiger partial charge in [-0.2, -0.15) is 3.97 Å². The quantitative estimate of drug-likeness (QED) is 0.692. The Morgan fingerprint density at radius 3 is 2.33 bits per heavy atom. The number of rotatable bonds is 6. The van der Waals surface area contributed by atoms with Crippen LogP contribution in [0, 0.1) is 0 Å². The second-order valence-corrected chi connectivity index (χ2v) is 7.41. The summed E-state index contributed by atoms with van der Waals surface area (Å²) in [4.78, 5) is 24.5. The second-order valence-electron chi connectivity index (χ2n) is 5.60. The van der Waals surface area contributed by atoms with Gasteiger partial charge in [-0.15, -0.1) is 0 Å². The summed E-state index contributed by atoms with van der Waals surface area (Å²) in [6, 6.07) is 14.4. The van der Waals surface area contributed by atoms with Gasteiger partial charge in [0, 0.05) is 18.1 Å². The molecule has 1 heterocycles. The molecular weight excluding hydrogens is 370 g/mol. The molecule has 8 nitrogen and oxygen atoms in total. The van der Waals surface area contributed by atoms with Crippen molar-refractivity contribution in [3.05, 3.63) is 77.5 Å². The van der Waals surface area contributed by atoms with Crippen LogP contribution in [-0.2, 0) is 21.4 Å². The number of imidazole rings is 1. The van der Waals surface area contributed by atoms with E-state index in [0.717, 1.165) is 10.8 Å². The van der Waals surface area contributed by atoms with E-state index in [1.165, 1.54) is 37.6 Å². The van der Waals surface area contributed by atoms with Crippen molar-refractivity contribution in [1.29, 1.82) is 0 Å². The number of nitrogens with one attached hydrogen (secondary N) is 1. The molecule has 0 bridgehead atoms. The van der Waals surface area contributed by atoms with Crippen molar-refractivity contribution in [2.24, 2.45) is 0 Å². The SMILES string of the molecule is COc1ccc(S(=O)(=O)n2ccn(CC(=O)Nc3ccccc3)c2=O)cc1. The van der Waals surface area contributed by atoms with E-state index in [9.17, 15) is 18.0 Å². The van der Waals surface area contributed by atoms with E-state index in [-0.39, 0.29) is 11.4 Å². The molecule has 1 N–H and O–H groups in total. The molecule has 0 aliphatic carbocycles.